The number of unbranched alkanes of at least 4 members (excludes halogenated alkanes) is 2. The summed E-state index contributed by atoms with van der Waals surface area (Å²) in [5.74, 6) is -0.213. The molecule has 0 saturated carbocycles. The summed E-state index contributed by atoms with van der Waals surface area (Å²) in [5, 5.41) is 0. The molecule has 0 spiro atoms. The molecule has 0 bridgehead atoms. The summed E-state index contributed by atoms with van der Waals surface area (Å²) in [7, 11) is -1.52. The van der Waals surface area contributed by atoms with Gasteiger partial charge in [0.25, 0.3) is 0 Å². The van der Waals surface area contributed by atoms with E-state index in [0.717, 1.165) is 25.7 Å². The predicted molar refractivity (Wildman–Crippen MR) is 75.7 cm³/mol. The zero-order valence-electron chi connectivity index (χ0n) is 11.6. The lowest BCUT2D eigenvalue weighted by molar-refractivity contribution is 0.199. The Balaban J connectivity index is 2.49. The SMILES string of the molecule is CCCCOP(OCCCC)Oc1ccccc1F. The summed E-state index contributed by atoms with van der Waals surface area (Å²) < 4.78 is 30.1. The molecule has 0 N–H and O–H groups in total. The Hall–Kier alpha value is -0.700. The van der Waals surface area contributed by atoms with Crippen molar-refractivity contribution < 1.29 is 18.0 Å². The Bertz CT molecular complexity index is 339. The van der Waals surface area contributed by atoms with Crippen molar-refractivity contribution >= 4 is 8.60 Å². The first-order valence-electron chi connectivity index (χ1n) is 6.76. The van der Waals surface area contributed by atoms with Crippen LogP contribution < -0.4 is 4.52 Å². The number of para-hydroxylation sites is 1. The maximum absolute atomic E-state index is 13.5. The summed E-state index contributed by atoms with van der Waals surface area (Å²) in [4.78, 5) is 0. The van der Waals surface area contributed by atoms with E-state index in [2.05, 4.69) is 13.8 Å². The lowest BCUT2D eigenvalue weighted by atomic mass is 10.3. The van der Waals surface area contributed by atoms with Crippen LogP contribution in [0.2, 0.25) is 0 Å². The summed E-state index contributed by atoms with van der Waals surface area (Å²) in [5.41, 5.74) is 0. The topological polar surface area (TPSA) is 27.7 Å². The summed E-state index contributed by atoms with van der Waals surface area (Å²) >= 11 is 0. The van der Waals surface area contributed by atoms with Crippen LogP contribution in [0.15, 0.2) is 24.3 Å². The average Bonchev–Trinajstić information content (AvgIpc) is 2.41. The molecule has 5 heteroatoms. The van der Waals surface area contributed by atoms with Gasteiger partial charge in [-0.25, -0.2) is 4.39 Å². The van der Waals surface area contributed by atoms with Crippen molar-refractivity contribution in [2.24, 2.45) is 0 Å². The van der Waals surface area contributed by atoms with E-state index in [9.17, 15) is 4.39 Å². The molecule has 1 aromatic rings. The normalized spacial score (nSPS) is 10.9. The molecule has 0 aliphatic heterocycles. The molecule has 0 aliphatic carbocycles. The van der Waals surface area contributed by atoms with Gasteiger partial charge in [0, 0.05) is 0 Å². The van der Waals surface area contributed by atoms with Crippen LogP contribution in [0.5, 0.6) is 5.75 Å². The van der Waals surface area contributed by atoms with Gasteiger partial charge in [-0.15, -0.1) is 0 Å². The van der Waals surface area contributed by atoms with E-state index in [-0.39, 0.29) is 5.75 Å². The molecular formula is C14H22FO3P. The molecule has 0 fully saturated rings. The molecule has 0 unspecified atom stereocenters. The van der Waals surface area contributed by atoms with Crippen molar-refractivity contribution in [3.8, 4) is 5.75 Å². The van der Waals surface area contributed by atoms with Gasteiger partial charge in [0.2, 0.25) is 0 Å². The molecule has 0 aromatic heterocycles. The van der Waals surface area contributed by atoms with Gasteiger partial charge >= 0.3 is 8.60 Å². The largest absolute Gasteiger partial charge is 0.424 e. The van der Waals surface area contributed by atoms with Crippen LogP contribution in [0.3, 0.4) is 0 Å². The van der Waals surface area contributed by atoms with Crippen LogP contribution in [0.25, 0.3) is 0 Å². The lowest BCUT2D eigenvalue weighted by Gasteiger charge is -2.17. The molecule has 108 valence electrons. The highest BCUT2D eigenvalue weighted by Crippen LogP contribution is 2.41. The summed E-state index contributed by atoms with van der Waals surface area (Å²) in [6, 6.07) is 6.29. The molecule has 3 nitrogen and oxygen atoms in total. The first kappa shape index (κ1) is 16.4. The molecule has 0 saturated heterocycles. The summed E-state index contributed by atoms with van der Waals surface area (Å²) in [6.45, 7) is 5.31. The highest BCUT2D eigenvalue weighted by molar-refractivity contribution is 7.42. The molecule has 0 heterocycles. The standard InChI is InChI=1S/C14H22FO3P/c1-3-5-11-16-19(17-12-6-4-2)18-14-10-8-7-9-13(14)15/h7-10H,3-6,11-12H2,1-2H3. The Labute approximate surface area is 116 Å². The molecule has 1 aromatic carbocycles. The number of halogens is 1. The number of benzene rings is 1. The Morgan fingerprint density at radius 2 is 1.58 bits per heavy atom. The van der Waals surface area contributed by atoms with Gasteiger partial charge in [-0.05, 0) is 25.0 Å². The summed E-state index contributed by atoms with van der Waals surface area (Å²) in [6.07, 6.45) is 3.96. The second-order valence-corrected chi connectivity index (χ2v) is 5.27. The highest BCUT2D eigenvalue weighted by atomic mass is 31.2. The van der Waals surface area contributed by atoms with Crippen molar-refractivity contribution in [3.05, 3.63) is 30.1 Å². The van der Waals surface area contributed by atoms with Gasteiger partial charge in [0.15, 0.2) is 11.6 Å². The maximum atomic E-state index is 13.5. The minimum atomic E-state index is -1.52. The van der Waals surface area contributed by atoms with Gasteiger partial charge in [-0.1, -0.05) is 38.8 Å². The Morgan fingerprint density at radius 1 is 1.00 bits per heavy atom. The Morgan fingerprint density at radius 3 is 2.11 bits per heavy atom. The number of hydrogen-bond acceptors (Lipinski definition) is 3. The second kappa shape index (κ2) is 10.1. The van der Waals surface area contributed by atoms with Crippen LogP contribution in [0.4, 0.5) is 4.39 Å². The van der Waals surface area contributed by atoms with Crippen molar-refractivity contribution in [1.29, 1.82) is 0 Å². The van der Waals surface area contributed by atoms with Gasteiger partial charge in [0.05, 0.1) is 13.2 Å². The smallest absolute Gasteiger partial charge is 0.397 e. The zero-order chi connectivity index (χ0) is 13.9. The van der Waals surface area contributed by atoms with Gasteiger partial charge in [-0.3, -0.25) is 0 Å². The first-order valence-corrected chi connectivity index (χ1v) is 7.86. The Kier molecular flexibility index (Phi) is 8.72. The second-order valence-electron chi connectivity index (χ2n) is 4.12. The van der Waals surface area contributed by atoms with E-state index in [1.807, 2.05) is 0 Å². The van der Waals surface area contributed by atoms with E-state index < -0.39 is 14.4 Å². The van der Waals surface area contributed by atoms with E-state index in [4.69, 9.17) is 13.6 Å². The molecule has 0 aliphatic rings. The molecule has 0 radical (unpaired) electrons. The minimum Gasteiger partial charge on any atom is -0.424 e. The van der Waals surface area contributed by atoms with Crippen LogP contribution in [0, 0.1) is 5.82 Å². The van der Waals surface area contributed by atoms with Gasteiger partial charge in [0.1, 0.15) is 0 Å². The third kappa shape index (κ3) is 6.86. The van der Waals surface area contributed by atoms with Gasteiger partial charge in [-0.2, -0.15) is 0 Å². The van der Waals surface area contributed by atoms with Crippen LogP contribution in [-0.4, -0.2) is 13.2 Å². The van der Waals surface area contributed by atoms with Crippen LogP contribution in [-0.2, 0) is 9.05 Å². The highest BCUT2D eigenvalue weighted by Gasteiger charge is 2.16. The van der Waals surface area contributed by atoms with E-state index in [1.165, 1.54) is 6.07 Å². The van der Waals surface area contributed by atoms with Crippen molar-refractivity contribution in [3.63, 3.8) is 0 Å². The van der Waals surface area contributed by atoms with Crippen molar-refractivity contribution in [1.82, 2.24) is 0 Å². The first-order chi connectivity index (χ1) is 9.27. The third-order valence-corrected chi connectivity index (χ3v) is 3.53. The van der Waals surface area contributed by atoms with Crippen LogP contribution in [0.1, 0.15) is 39.5 Å². The molecule has 0 amide bonds. The van der Waals surface area contributed by atoms with Crippen LogP contribution >= 0.6 is 8.60 Å². The van der Waals surface area contributed by atoms with Crippen molar-refractivity contribution in [2.45, 2.75) is 39.5 Å². The van der Waals surface area contributed by atoms with Gasteiger partial charge < -0.3 is 13.6 Å². The fourth-order valence-corrected chi connectivity index (χ4v) is 2.30. The monoisotopic (exact) mass is 288 g/mol. The fourth-order valence-electron chi connectivity index (χ4n) is 1.26. The maximum Gasteiger partial charge on any atom is 0.397 e. The minimum absolute atomic E-state index is 0.182. The predicted octanol–water partition coefficient (Wildman–Crippen LogP) is 5.06. The molecule has 19 heavy (non-hydrogen) atoms. The fraction of sp³-hybridized carbons (Fsp3) is 0.571. The zero-order valence-corrected chi connectivity index (χ0v) is 12.5. The molecule has 0 atom stereocenters. The van der Waals surface area contributed by atoms with Crippen molar-refractivity contribution in [2.75, 3.05) is 13.2 Å². The van der Waals surface area contributed by atoms with E-state index >= 15 is 0 Å². The van der Waals surface area contributed by atoms with E-state index in [1.54, 1.807) is 18.2 Å². The molecular weight excluding hydrogens is 266 g/mol. The lowest BCUT2D eigenvalue weighted by Crippen LogP contribution is -2.01. The number of rotatable bonds is 10. The molecule has 1 rings (SSSR count). The van der Waals surface area contributed by atoms with E-state index in [0.29, 0.717) is 13.2 Å². The third-order valence-electron chi connectivity index (χ3n) is 2.40. The quantitative estimate of drug-likeness (QED) is 0.444. The number of hydrogen-bond donors (Lipinski definition) is 0. The average molecular weight is 288 g/mol.